The molecule has 1 unspecified atom stereocenters. The third kappa shape index (κ3) is 5.28. The number of carbonyl (C=O) groups excluding carboxylic acids is 1. The molecule has 0 saturated heterocycles. The predicted octanol–water partition coefficient (Wildman–Crippen LogP) is 0.942. The Balaban J connectivity index is 2.70. The van der Waals surface area contributed by atoms with Crippen LogP contribution in [-0.4, -0.2) is 32.6 Å². The zero-order valence-electron chi connectivity index (χ0n) is 11.6. The number of rotatable bonds is 7. The molecule has 0 saturated carbocycles. The van der Waals surface area contributed by atoms with Crippen molar-refractivity contribution in [2.45, 2.75) is 25.2 Å². The van der Waals surface area contributed by atoms with Crippen molar-refractivity contribution < 1.29 is 18.3 Å². The van der Waals surface area contributed by atoms with E-state index in [4.69, 9.17) is 5.11 Å². The van der Waals surface area contributed by atoms with Gasteiger partial charge in [0.1, 0.15) is 0 Å². The second-order valence-corrected chi connectivity index (χ2v) is 6.44. The fraction of sp³-hybridized carbons (Fsp3) is 0.462. The predicted molar refractivity (Wildman–Crippen MR) is 76.8 cm³/mol. The molecule has 0 bridgehead atoms. The Kier molecular flexibility index (Phi) is 6.12. The molecule has 0 aliphatic heterocycles. The lowest BCUT2D eigenvalue weighted by Gasteiger charge is -2.12. The van der Waals surface area contributed by atoms with Gasteiger partial charge in [-0.15, -0.1) is 0 Å². The van der Waals surface area contributed by atoms with Gasteiger partial charge in [0, 0.05) is 25.8 Å². The summed E-state index contributed by atoms with van der Waals surface area (Å²) in [5, 5.41) is 11.3. The second kappa shape index (κ2) is 7.37. The van der Waals surface area contributed by atoms with Crippen LogP contribution in [0.5, 0.6) is 0 Å². The molecule has 0 fully saturated rings. The van der Waals surface area contributed by atoms with E-state index in [2.05, 4.69) is 10.0 Å². The first-order valence-corrected chi connectivity index (χ1v) is 7.81. The molecule has 1 amide bonds. The number of aliphatic hydroxyl groups is 1. The van der Waals surface area contributed by atoms with Gasteiger partial charge in [0.2, 0.25) is 15.9 Å². The molecule has 0 aromatic heterocycles. The summed E-state index contributed by atoms with van der Waals surface area (Å²) in [5.74, 6) is -0.148. The highest BCUT2D eigenvalue weighted by Gasteiger charge is 2.15. The van der Waals surface area contributed by atoms with E-state index in [0.717, 1.165) is 0 Å². The van der Waals surface area contributed by atoms with E-state index in [1.807, 2.05) is 6.92 Å². The van der Waals surface area contributed by atoms with Gasteiger partial charge in [0.05, 0.1) is 4.90 Å². The number of aliphatic hydroxyl groups excluding tert-OH is 1. The molecule has 1 aromatic rings. The lowest BCUT2D eigenvalue weighted by Crippen LogP contribution is -2.28. The molecule has 0 heterocycles. The normalized spacial score (nSPS) is 12.9. The van der Waals surface area contributed by atoms with Crippen molar-refractivity contribution in [1.29, 1.82) is 0 Å². The molecule has 3 N–H and O–H groups in total. The number of amides is 1. The van der Waals surface area contributed by atoms with E-state index in [9.17, 15) is 13.2 Å². The highest BCUT2D eigenvalue weighted by Crippen LogP contribution is 2.14. The van der Waals surface area contributed by atoms with E-state index in [-0.39, 0.29) is 29.9 Å². The van der Waals surface area contributed by atoms with E-state index >= 15 is 0 Å². The van der Waals surface area contributed by atoms with Crippen molar-refractivity contribution >= 4 is 21.6 Å². The molecule has 0 aliphatic rings. The highest BCUT2D eigenvalue weighted by molar-refractivity contribution is 7.89. The summed E-state index contributed by atoms with van der Waals surface area (Å²) < 4.78 is 26.5. The lowest BCUT2D eigenvalue weighted by atomic mass is 10.1. The Morgan fingerprint density at radius 1 is 1.30 bits per heavy atom. The quantitative estimate of drug-likeness (QED) is 0.698. The van der Waals surface area contributed by atoms with Gasteiger partial charge in [-0.05, 0) is 36.6 Å². The van der Waals surface area contributed by atoms with Gasteiger partial charge in [-0.3, -0.25) is 4.79 Å². The minimum absolute atomic E-state index is 0.0360. The summed E-state index contributed by atoms with van der Waals surface area (Å²) in [6.45, 7) is 3.55. The average molecular weight is 300 g/mol. The topological polar surface area (TPSA) is 95.5 Å². The zero-order valence-corrected chi connectivity index (χ0v) is 12.4. The van der Waals surface area contributed by atoms with E-state index in [0.29, 0.717) is 12.1 Å². The maximum atomic E-state index is 12.0. The van der Waals surface area contributed by atoms with Crippen LogP contribution in [0.1, 0.15) is 20.3 Å². The molecule has 0 aliphatic carbocycles. The van der Waals surface area contributed by atoms with E-state index < -0.39 is 10.0 Å². The number of nitrogens with one attached hydrogen (secondary N) is 2. The van der Waals surface area contributed by atoms with E-state index in [1.54, 1.807) is 0 Å². The first-order valence-electron chi connectivity index (χ1n) is 6.33. The highest BCUT2D eigenvalue weighted by atomic mass is 32.2. The van der Waals surface area contributed by atoms with Crippen molar-refractivity contribution in [3.05, 3.63) is 24.3 Å². The molecule has 7 heteroatoms. The number of hydrogen-bond acceptors (Lipinski definition) is 4. The van der Waals surface area contributed by atoms with Crippen LogP contribution in [0, 0.1) is 5.92 Å². The van der Waals surface area contributed by atoms with Crippen molar-refractivity contribution in [2.24, 2.45) is 5.92 Å². The van der Waals surface area contributed by atoms with Crippen LogP contribution in [-0.2, 0) is 14.8 Å². The van der Waals surface area contributed by atoms with Crippen LogP contribution in [0.15, 0.2) is 29.2 Å². The van der Waals surface area contributed by atoms with Crippen LogP contribution in [0.3, 0.4) is 0 Å². The van der Waals surface area contributed by atoms with Gasteiger partial charge in [-0.1, -0.05) is 6.92 Å². The number of sulfonamides is 1. The number of carbonyl (C=O) groups is 1. The molecular weight excluding hydrogens is 280 g/mol. The fourth-order valence-corrected chi connectivity index (χ4v) is 2.74. The van der Waals surface area contributed by atoms with Gasteiger partial charge in [-0.2, -0.15) is 0 Å². The Bertz CT molecular complexity index is 540. The molecule has 0 radical (unpaired) electrons. The minimum Gasteiger partial charge on any atom is -0.396 e. The smallest absolute Gasteiger partial charge is 0.240 e. The molecule has 20 heavy (non-hydrogen) atoms. The summed E-state index contributed by atoms with van der Waals surface area (Å²) >= 11 is 0. The Morgan fingerprint density at radius 3 is 2.40 bits per heavy atom. The standard InChI is InChI=1S/C13H20N2O4S/c1-10(7-8-16)9-14-20(18,19)13-5-3-12(4-6-13)15-11(2)17/h3-6,10,14,16H,7-9H2,1-2H3,(H,15,17). The van der Waals surface area contributed by atoms with Gasteiger partial charge in [-0.25, -0.2) is 13.1 Å². The summed E-state index contributed by atoms with van der Waals surface area (Å²) in [6, 6.07) is 5.94. The number of benzene rings is 1. The molecule has 1 atom stereocenters. The summed E-state index contributed by atoms with van der Waals surface area (Å²) in [5.41, 5.74) is 0.546. The molecule has 112 valence electrons. The van der Waals surface area contributed by atoms with Crippen LogP contribution in [0.2, 0.25) is 0 Å². The van der Waals surface area contributed by atoms with Crippen LogP contribution < -0.4 is 10.0 Å². The zero-order chi connectivity index (χ0) is 15.2. The van der Waals surface area contributed by atoms with Gasteiger partial charge < -0.3 is 10.4 Å². The largest absolute Gasteiger partial charge is 0.396 e. The summed E-state index contributed by atoms with van der Waals surface area (Å²) in [6.07, 6.45) is 0.546. The van der Waals surface area contributed by atoms with Crippen molar-refractivity contribution in [1.82, 2.24) is 4.72 Å². The van der Waals surface area contributed by atoms with Crippen LogP contribution >= 0.6 is 0 Å². The van der Waals surface area contributed by atoms with Gasteiger partial charge in [0.25, 0.3) is 0 Å². The van der Waals surface area contributed by atoms with Crippen LogP contribution in [0.25, 0.3) is 0 Å². The molecule has 6 nitrogen and oxygen atoms in total. The van der Waals surface area contributed by atoms with E-state index in [1.165, 1.54) is 31.2 Å². The Hall–Kier alpha value is -1.44. The molecular formula is C13H20N2O4S. The third-order valence-electron chi connectivity index (χ3n) is 2.73. The molecule has 1 rings (SSSR count). The molecule has 1 aromatic carbocycles. The molecule has 0 spiro atoms. The van der Waals surface area contributed by atoms with Crippen molar-refractivity contribution in [2.75, 3.05) is 18.5 Å². The average Bonchev–Trinajstić information content (AvgIpc) is 2.37. The Labute approximate surface area is 119 Å². The fourth-order valence-electron chi connectivity index (χ4n) is 1.58. The second-order valence-electron chi connectivity index (χ2n) is 4.67. The first kappa shape index (κ1) is 16.6. The van der Waals surface area contributed by atoms with Crippen molar-refractivity contribution in [3.8, 4) is 0 Å². The van der Waals surface area contributed by atoms with Gasteiger partial charge >= 0.3 is 0 Å². The maximum absolute atomic E-state index is 12.0. The van der Waals surface area contributed by atoms with Crippen molar-refractivity contribution in [3.63, 3.8) is 0 Å². The Morgan fingerprint density at radius 2 is 1.90 bits per heavy atom. The SMILES string of the molecule is CC(=O)Nc1ccc(S(=O)(=O)NCC(C)CCO)cc1. The maximum Gasteiger partial charge on any atom is 0.240 e. The number of anilines is 1. The minimum atomic E-state index is -3.56. The summed E-state index contributed by atoms with van der Waals surface area (Å²) in [7, 11) is -3.56. The first-order chi connectivity index (χ1) is 9.35. The monoisotopic (exact) mass is 300 g/mol. The van der Waals surface area contributed by atoms with Gasteiger partial charge in [0.15, 0.2) is 0 Å². The summed E-state index contributed by atoms with van der Waals surface area (Å²) in [4.78, 5) is 11.0. The van der Waals surface area contributed by atoms with Crippen LogP contribution in [0.4, 0.5) is 5.69 Å². The third-order valence-corrected chi connectivity index (χ3v) is 4.17. The number of hydrogen-bond donors (Lipinski definition) is 3. The lowest BCUT2D eigenvalue weighted by molar-refractivity contribution is -0.114.